The van der Waals surface area contributed by atoms with Crippen LogP contribution in [0.3, 0.4) is 0 Å². The fourth-order valence-corrected chi connectivity index (χ4v) is 20.1. The summed E-state index contributed by atoms with van der Waals surface area (Å²) in [6.07, 6.45) is 9.84. The van der Waals surface area contributed by atoms with E-state index in [9.17, 15) is 0 Å². The minimum Gasteiger partial charge on any atom is -1.00 e. The first-order chi connectivity index (χ1) is 10.4. The molecular formula is C20H18Cl3Zr. The normalized spacial score (nSPS) is 22.0. The predicted molar refractivity (Wildman–Crippen MR) is 86.0 cm³/mol. The smallest absolute Gasteiger partial charge is 1.00 e. The topological polar surface area (TPSA) is 0 Å². The number of rotatable bonds is 2. The van der Waals surface area contributed by atoms with Crippen LogP contribution in [-0.4, -0.2) is 0 Å². The van der Waals surface area contributed by atoms with Crippen LogP contribution in [0.4, 0.5) is 0 Å². The Balaban J connectivity index is 0.000000694. The van der Waals surface area contributed by atoms with Gasteiger partial charge in [-0.05, 0) is 0 Å². The van der Waals surface area contributed by atoms with Crippen molar-refractivity contribution >= 4 is 12.2 Å². The number of allylic oxidation sites excluding steroid dienone is 2. The first kappa shape index (κ1) is 20.0. The van der Waals surface area contributed by atoms with E-state index in [4.69, 9.17) is 0 Å². The van der Waals surface area contributed by atoms with Crippen molar-refractivity contribution in [2.75, 3.05) is 0 Å². The van der Waals surface area contributed by atoms with Gasteiger partial charge in [-0.25, -0.2) is 0 Å². The molecule has 2 aliphatic carbocycles. The van der Waals surface area contributed by atoms with Crippen molar-refractivity contribution in [3.63, 3.8) is 0 Å². The average molecular weight is 456 g/mol. The maximum Gasteiger partial charge on any atom is -1.00 e. The predicted octanol–water partition coefficient (Wildman–Crippen LogP) is -3.46. The summed E-state index contributed by atoms with van der Waals surface area (Å²) in [6.45, 7) is 0. The molecule has 1 saturated heterocycles. The molecule has 0 bridgehead atoms. The van der Waals surface area contributed by atoms with Gasteiger partial charge in [-0.15, -0.1) is 0 Å². The first-order valence-electron chi connectivity index (χ1n) is 7.93. The monoisotopic (exact) mass is 453 g/mol. The third-order valence-electron chi connectivity index (χ3n) is 5.66. The summed E-state index contributed by atoms with van der Waals surface area (Å²) < 4.78 is 4.72. The fourth-order valence-electron chi connectivity index (χ4n) is 4.46. The van der Waals surface area contributed by atoms with Crippen molar-refractivity contribution in [3.05, 3.63) is 82.9 Å². The van der Waals surface area contributed by atoms with Crippen LogP contribution in [0.5, 0.6) is 0 Å². The molecule has 1 aliphatic heterocycles. The Morgan fingerprint density at radius 1 is 0.625 bits per heavy atom. The zero-order valence-electron chi connectivity index (χ0n) is 13.1. The second-order valence-electron chi connectivity index (χ2n) is 6.66. The molecule has 123 valence electrons. The van der Waals surface area contributed by atoms with Crippen LogP contribution in [0.25, 0.3) is 12.2 Å². The Morgan fingerprint density at radius 3 is 1.46 bits per heavy atom. The van der Waals surface area contributed by atoms with Crippen molar-refractivity contribution in [2.24, 2.45) is 0 Å². The van der Waals surface area contributed by atoms with Crippen LogP contribution in [0.1, 0.15) is 29.5 Å². The summed E-state index contributed by atoms with van der Waals surface area (Å²) >= 11 is -2.13. The molecule has 2 aromatic rings. The van der Waals surface area contributed by atoms with Gasteiger partial charge in [0.1, 0.15) is 0 Å². The van der Waals surface area contributed by atoms with Gasteiger partial charge in [-0.3, -0.25) is 0 Å². The Hall–Kier alpha value is -0.327. The molecular weight excluding hydrogens is 438 g/mol. The summed E-state index contributed by atoms with van der Waals surface area (Å²) in [5.74, 6) is 0. The van der Waals surface area contributed by atoms with Crippen LogP contribution in [0, 0.1) is 0 Å². The third-order valence-corrected chi connectivity index (χ3v) is 18.3. The van der Waals surface area contributed by atoms with E-state index in [1.165, 1.54) is 11.1 Å². The van der Waals surface area contributed by atoms with Crippen molar-refractivity contribution in [2.45, 2.75) is 15.5 Å². The molecule has 24 heavy (non-hydrogen) atoms. The van der Waals surface area contributed by atoms with E-state index in [1.54, 1.807) is 19.4 Å². The molecule has 1 fully saturated rings. The van der Waals surface area contributed by atoms with Gasteiger partial charge >= 0.3 is 131 Å². The zero-order valence-corrected chi connectivity index (χ0v) is 17.9. The summed E-state index contributed by atoms with van der Waals surface area (Å²) in [7, 11) is 0. The second-order valence-corrected chi connectivity index (χ2v) is 18.2. The molecule has 5 rings (SSSR count). The van der Waals surface area contributed by atoms with Gasteiger partial charge in [0.2, 0.25) is 0 Å². The van der Waals surface area contributed by atoms with Crippen molar-refractivity contribution in [1.29, 1.82) is 0 Å². The van der Waals surface area contributed by atoms with Gasteiger partial charge in [0.05, 0.1) is 0 Å². The van der Waals surface area contributed by atoms with Crippen molar-refractivity contribution < 1.29 is 57.5 Å². The van der Waals surface area contributed by atoms with Crippen LogP contribution in [-0.2, 0) is 20.3 Å². The van der Waals surface area contributed by atoms with Gasteiger partial charge in [-0.2, -0.15) is 0 Å². The van der Waals surface area contributed by atoms with E-state index in [-0.39, 0.29) is 37.2 Å². The molecule has 4 heteroatoms. The molecule has 2 unspecified atom stereocenters. The standard InChI is InChI=1S/2C9H7.C2H4.3ClH.Zr/c2*1-2-5-9-7-3-6-8(9)4-1;1-2;;;;/h2*1-7H;1-2H2;3*1H;/q;;;;;;+3/p-3. The maximum atomic E-state index is 2.54. The molecule has 0 aromatic heterocycles. The number of fused-ring (bicyclic) bond motifs is 2. The minimum atomic E-state index is -2.13. The summed E-state index contributed by atoms with van der Waals surface area (Å²) in [4.78, 5) is 0. The second kappa shape index (κ2) is 7.50. The van der Waals surface area contributed by atoms with Crippen LogP contribution < -0.4 is 37.2 Å². The van der Waals surface area contributed by atoms with Crippen LogP contribution in [0.15, 0.2) is 60.7 Å². The number of hydrogen-bond donors (Lipinski definition) is 0. The molecule has 3 aliphatic rings. The number of halogens is 3. The zero-order chi connectivity index (χ0) is 13.9. The van der Waals surface area contributed by atoms with E-state index in [2.05, 4.69) is 72.8 Å². The van der Waals surface area contributed by atoms with E-state index >= 15 is 0 Å². The first-order valence-corrected chi connectivity index (χ1v) is 14.2. The SMILES string of the molecule is C1=C[CH]([Zr+3]2([CH]3C=Cc4ccccc43)[CH2][CH2]2)c2ccccc21.[Cl-].[Cl-].[Cl-]. The van der Waals surface area contributed by atoms with Crippen LogP contribution >= 0.6 is 0 Å². The Bertz CT molecular complexity index is 729. The van der Waals surface area contributed by atoms with Crippen molar-refractivity contribution in [1.82, 2.24) is 0 Å². The molecule has 0 amide bonds. The van der Waals surface area contributed by atoms with Crippen molar-refractivity contribution in [3.8, 4) is 0 Å². The van der Waals surface area contributed by atoms with Crippen LogP contribution in [0.2, 0.25) is 8.26 Å². The Morgan fingerprint density at radius 2 is 1.04 bits per heavy atom. The minimum absolute atomic E-state index is 0. The van der Waals surface area contributed by atoms with Gasteiger partial charge in [0.15, 0.2) is 0 Å². The summed E-state index contributed by atoms with van der Waals surface area (Å²) in [5, 5.41) is 0. The molecule has 0 saturated carbocycles. The fraction of sp³-hybridized carbons (Fsp3) is 0.200. The molecule has 0 nitrogen and oxygen atoms in total. The molecule has 1 heterocycles. The number of hydrogen-bond acceptors (Lipinski definition) is 0. The summed E-state index contributed by atoms with van der Waals surface area (Å²) in [6, 6.07) is 18.1. The Kier molecular flexibility index (Phi) is 6.25. The molecule has 0 spiro atoms. The number of benzene rings is 2. The molecule has 2 aromatic carbocycles. The third kappa shape index (κ3) is 2.88. The van der Waals surface area contributed by atoms with Gasteiger partial charge < -0.3 is 37.2 Å². The van der Waals surface area contributed by atoms with Gasteiger partial charge in [0.25, 0.3) is 0 Å². The molecule has 0 N–H and O–H groups in total. The van der Waals surface area contributed by atoms with E-state index in [1.807, 2.05) is 0 Å². The van der Waals surface area contributed by atoms with E-state index in [0.717, 1.165) is 7.25 Å². The largest absolute Gasteiger partial charge is 1.00 e. The van der Waals surface area contributed by atoms with E-state index < -0.39 is 20.3 Å². The maximum absolute atomic E-state index is 2.54. The molecule has 0 radical (unpaired) electrons. The molecule has 2 atom stereocenters. The quantitative estimate of drug-likeness (QED) is 0.442. The average Bonchev–Trinajstić information content (AvgIpc) is 3.03. The Labute approximate surface area is 167 Å². The van der Waals surface area contributed by atoms with E-state index in [0.29, 0.717) is 0 Å². The van der Waals surface area contributed by atoms with Gasteiger partial charge in [0, 0.05) is 0 Å². The van der Waals surface area contributed by atoms with Gasteiger partial charge in [-0.1, -0.05) is 0 Å². The summed E-state index contributed by atoms with van der Waals surface area (Å²) in [5.41, 5.74) is 6.20.